The monoisotopic (exact) mass is 499 g/mol. The Kier molecular flexibility index (Phi) is 6.70. The number of aromatic nitrogens is 2. The van der Waals surface area contributed by atoms with Gasteiger partial charge in [-0.2, -0.15) is 0 Å². The fraction of sp³-hybridized carbons (Fsp3) is 0.0476. The summed E-state index contributed by atoms with van der Waals surface area (Å²) in [5.74, 6) is -0.470. The molecule has 4 rings (SSSR count). The van der Waals surface area contributed by atoms with Crippen LogP contribution in [0.3, 0.4) is 0 Å². The van der Waals surface area contributed by atoms with E-state index in [2.05, 4.69) is 20.6 Å². The highest BCUT2D eigenvalue weighted by Gasteiger charge is 2.12. The summed E-state index contributed by atoms with van der Waals surface area (Å²) in [7, 11) is -3.87. The van der Waals surface area contributed by atoms with Crippen LogP contribution >= 0.6 is 23.1 Å². The second-order valence-corrected chi connectivity index (χ2v) is 10.2. The molecule has 0 saturated carbocycles. The number of hydrogen-bond acceptors (Lipinski definition) is 8. The third kappa shape index (κ3) is 5.73. The number of anilines is 2. The molecule has 0 spiro atoms. The summed E-state index contributed by atoms with van der Waals surface area (Å²) < 4.78 is 22.9. The van der Waals surface area contributed by atoms with E-state index >= 15 is 0 Å². The number of hydrogen-bond donors (Lipinski definition) is 3. The third-order valence-electron chi connectivity index (χ3n) is 4.42. The number of amides is 2. The van der Waals surface area contributed by atoms with Gasteiger partial charge in [-0.15, -0.1) is 11.3 Å². The highest BCUT2D eigenvalue weighted by Crippen LogP contribution is 2.27. The smallest absolute Gasteiger partial charge is 0.255 e. The van der Waals surface area contributed by atoms with Gasteiger partial charge in [0, 0.05) is 22.3 Å². The molecule has 2 aromatic heterocycles. The Labute approximate surface area is 197 Å². The number of thiophene rings is 1. The Balaban J connectivity index is 1.34. The number of fused-ring (bicyclic) bond motifs is 1. The summed E-state index contributed by atoms with van der Waals surface area (Å²) in [5, 5.41) is 14.1. The van der Waals surface area contributed by atoms with Gasteiger partial charge in [0.15, 0.2) is 0 Å². The van der Waals surface area contributed by atoms with E-state index < -0.39 is 15.9 Å². The minimum absolute atomic E-state index is 0.0991. The van der Waals surface area contributed by atoms with Gasteiger partial charge in [0.25, 0.3) is 5.91 Å². The van der Waals surface area contributed by atoms with Crippen molar-refractivity contribution < 1.29 is 18.0 Å². The number of carbonyl (C=O) groups is 2. The van der Waals surface area contributed by atoms with Crippen LogP contribution < -0.4 is 15.8 Å². The molecule has 2 heterocycles. The zero-order valence-electron chi connectivity index (χ0n) is 16.9. The molecule has 4 N–H and O–H groups in total. The van der Waals surface area contributed by atoms with Crippen LogP contribution in [0, 0.1) is 0 Å². The largest absolute Gasteiger partial charge is 0.325 e. The Morgan fingerprint density at radius 2 is 1.79 bits per heavy atom. The second kappa shape index (κ2) is 9.67. The molecule has 0 fully saturated rings. The van der Waals surface area contributed by atoms with Crippen LogP contribution in [0.5, 0.6) is 0 Å². The van der Waals surface area contributed by atoms with Crippen molar-refractivity contribution in [1.29, 1.82) is 0 Å². The Morgan fingerprint density at radius 1 is 1.00 bits per heavy atom. The zero-order valence-corrected chi connectivity index (χ0v) is 19.3. The van der Waals surface area contributed by atoms with Crippen LogP contribution in [-0.2, 0) is 14.8 Å². The van der Waals surface area contributed by atoms with E-state index in [1.54, 1.807) is 30.3 Å². The van der Waals surface area contributed by atoms with Crippen LogP contribution in [0.1, 0.15) is 10.4 Å². The molecule has 168 valence electrons. The maximum Gasteiger partial charge on any atom is 0.255 e. The predicted molar refractivity (Wildman–Crippen MR) is 129 cm³/mol. The van der Waals surface area contributed by atoms with Gasteiger partial charge in [-0.25, -0.2) is 23.5 Å². The second-order valence-electron chi connectivity index (χ2n) is 6.76. The minimum Gasteiger partial charge on any atom is -0.325 e. The third-order valence-corrected chi connectivity index (χ3v) is 7.15. The van der Waals surface area contributed by atoms with Crippen molar-refractivity contribution in [2.45, 2.75) is 9.92 Å². The lowest BCUT2D eigenvalue weighted by atomic mass is 10.2. The highest BCUT2D eigenvalue weighted by atomic mass is 32.2. The maximum absolute atomic E-state index is 12.5. The number of rotatable bonds is 7. The van der Waals surface area contributed by atoms with Crippen molar-refractivity contribution in [3.05, 3.63) is 71.9 Å². The maximum atomic E-state index is 12.5. The standard InChI is InChI=1S/C21H17N5O4S3/c22-33(29,30)16-3-1-2-15(10-16)26-19(28)13-4-6-14(7-5-13)25-18(27)11-32-21-17-8-9-31-20(17)23-12-24-21/h1-10,12H,11H2,(H,25,27)(H,26,28)(H2,22,29,30). The lowest BCUT2D eigenvalue weighted by Gasteiger charge is -2.08. The van der Waals surface area contributed by atoms with E-state index in [1.807, 2.05) is 11.4 Å². The van der Waals surface area contributed by atoms with Gasteiger partial charge >= 0.3 is 0 Å². The van der Waals surface area contributed by atoms with Gasteiger partial charge in [0.2, 0.25) is 15.9 Å². The van der Waals surface area contributed by atoms with Crippen molar-refractivity contribution in [2.75, 3.05) is 16.4 Å². The molecular weight excluding hydrogens is 482 g/mol. The minimum atomic E-state index is -3.87. The van der Waals surface area contributed by atoms with E-state index in [0.29, 0.717) is 16.9 Å². The summed E-state index contributed by atoms with van der Waals surface area (Å²) in [6.45, 7) is 0. The van der Waals surface area contributed by atoms with Gasteiger partial charge in [0.1, 0.15) is 16.2 Å². The van der Waals surface area contributed by atoms with Crippen molar-refractivity contribution in [1.82, 2.24) is 9.97 Å². The van der Waals surface area contributed by atoms with Crippen molar-refractivity contribution in [3.63, 3.8) is 0 Å². The number of nitrogens with one attached hydrogen (secondary N) is 2. The average molecular weight is 500 g/mol. The predicted octanol–water partition coefficient (Wildman–Crippen LogP) is 3.32. The molecule has 12 heteroatoms. The first-order valence-corrected chi connectivity index (χ1v) is 12.9. The topological polar surface area (TPSA) is 144 Å². The number of carbonyl (C=O) groups excluding carboxylic acids is 2. The lowest BCUT2D eigenvalue weighted by Crippen LogP contribution is -2.16. The van der Waals surface area contributed by atoms with Crippen molar-refractivity contribution in [3.8, 4) is 0 Å². The first-order valence-electron chi connectivity index (χ1n) is 9.45. The fourth-order valence-corrected chi connectivity index (χ4v) is 5.01. The summed E-state index contributed by atoms with van der Waals surface area (Å²) in [4.78, 5) is 34.0. The molecule has 0 aliphatic rings. The number of primary sulfonamides is 1. The fourth-order valence-electron chi connectivity index (χ4n) is 2.87. The van der Waals surface area contributed by atoms with E-state index in [-0.39, 0.29) is 16.6 Å². The molecule has 0 aliphatic carbocycles. The Bertz CT molecular complexity index is 1440. The summed E-state index contributed by atoms with van der Waals surface area (Å²) in [6.07, 6.45) is 1.48. The molecule has 0 aliphatic heterocycles. The SMILES string of the molecule is NS(=O)(=O)c1cccc(NC(=O)c2ccc(NC(=O)CSc3ncnc4sccc34)cc2)c1. The molecule has 9 nitrogen and oxygen atoms in total. The molecule has 0 atom stereocenters. The molecule has 4 aromatic rings. The highest BCUT2D eigenvalue weighted by molar-refractivity contribution is 8.00. The first-order chi connectivity index (χ1) is 15.8. The van der Waals surface area contributed by atoms with Crippen molar-refractivity contribution >= 4 is 66.5 Å². The number of nitrogens with zero attached hydrogens (tertiary/aromatic N) is 2. The van der Waals surface area contributed by atoms with Crippen LogP contribution in [0.25, 0.3) is 10.2 Å². The quantitative estimate of drug-likeness (QED) is 0.261. The lowest BCUT2D eigenvalue weighted by molar-refractivity contribution is -0.113. The molecule has 2 aromatic carbocycles. The van der Waals surface area contributed by atoms with Gasteiger partial charge in [-0.05, 0) is 53.9 Å². The average Bonchev–Trinajstić information content (AvgIpc) is 3.27. The van der Waals surface area contributed by atoms with Crippen LogP contribution in [0.2, 0.25) is 0 Å². The van der Waals surface area contributed by atoms with E-state index in [9.17, 15) is 18.0 Å². The zero-order chi connectivity index (χ0) is 23.4. The van der Waals surface area contributed by atoms with Gasteiger partial charge in [-0.1, -0.05) is 17.8 Å². The normalized spacial score (nSPS) is 11.3. The summed E-state index contributed by atoms with van der Waals surface area (Å²) >= 11 is 2.84. The number of sulfonamides is 1. The van der Waals surface area contributed by atoms with Gasteiger partial charge in [-0.3, -0.25) is 9.59 Å². The van der Waals surface area contributed by atoms with Crippen LogP contribution in [-0.4, -0.2) is 36.0 Å². The Hall–Kier alpha value is -3.32. The Morgan fingerprint density at radius 3 is 2.55 bits per heavy atom. The van der Waals surface area contributed by atoms with Gasteiger partial charge in [0.05, 0.1) is 10.6 Å². The van der Waals surface area contributed by atoms with E-state index in [0.717, 1.165) is 15.2 Å². The van der Waals surface area contributed by atoms with E-state index in [1.165, 1.54) is 47.6 Å². The molecule has 0 saturated heterocycles. The molecule has 0 radical (unpaired) electrons. The number of benzene rings is 2. The number of nitrogens with two attached hydrogens (primary N) is 1. The van der Waals surface area contributed by atoms with Crippen molar-refractivity contribution in [2.24, 2.45) is 5.14 Å². The van der Waals surface area contributed by atoms with Crippen LogP contribution in [0.4, 0.5) is 11.4 Å². The summed E-state index contributed by atoms with van der Waals surface area (Å²) in [5.41, 5.74) is 1.17. The van der Waals surface area contributed by atoms with E-state index in [4.69, 9.17) is 5.14 Å². The molecule has 33 heavy (non-hydrogen) atoms. The van der Waals surface area contributed by atoms with Crippen LogP contribution in [0.15, 0.2) is 76.2 Å². The molecule has 2 amide bonds. The summed E-state index contributed by atoms with van der Waals surface area (Å²) in [6, 6.07) is 13.9. The van der Waals surface area contributed by atoms with Gasteiger partial charge < -0.3 is 10.6 Å². The molecular formula is C21H17N5O4S3. The molecule has 0 unspecified atom stereocenters. The number of thioether (sulfide) groups is 1. The first kappa shape index (κ1) is 22.9. The molecule has 0 bridgehead atoms.